The molecule has 2 aliphatic rings. The van der Waals surface area contributed by atoms with Gasteiger partial charge in [0.25, 0.3) is 5.56 Å². The van der Waals surface area contributed by atoms with Gasteiger partial charge in [0, 0.05) is 34.8 Å². The van der Waals surface area contributed by atoms with Crippen LogP contribution >= 0.6 is 23.1 Å². The Hall–Kier alpha value is -2.62. The molecule has 0 amide bonds. The highest BCUT2D eigenvalue weighted by Gasteiger charge is 2.25. The maximum atomic E-state index is 13.8. The van der Waals surface area contributed by atoms with Gasteiger partial charge >= 0.3 is 5.63 Å². The Bertz CT molecular complexity index is 1510. The second kappa shape index (κ2) is 8.87. The van der Waals surface area contributed by atoms with Gasteiger partial charge < -0.3 is 14.3 Å². The Morgan fingerprint density at radius 2 is 2.06 bits per heavy atom. The van der Waals surface area contributed by atoms with Crippen molar-refractivity contribution in [2.75, 3.05) is 6.61 Å². The molecule has 4 aromatic rings. The average molecular weight is 497 g/mol. The molecular formula is C25H24N2O5S2. The Morgan fingerprint density at radius 3 is 2.91 bits per heavy atom. The third-order valence-electron chi connectivity index (χ3n) is 6.62. The fraction of sp³-hybridized carbons (Fsp3) is 0.400. The molecule has 1 aliphatic heterocycles. The number of thiophene rings is 1. The van der Waals surface area contributed by atoms with Crippen LogP contribution < -0.4 is 11.2 Å². The van der Waals surface area contributed by atoms with Gasteiger partial charge in [0.1, 0.15) is 16.2 Å². The van der Waals surface area contributed by atoms with Gasteiger partial charge in [-0.1, -0.05) is 11.8 Å². The molecule has 0 bridgehead atoms. The minimum absolute atomic E-state index is 0.0123. The number of benzene rings is 1. The van der Waals surface area contributed by atoms with E-state index < -0.39 is 5.63 Å². The molecule has 34 heavy (non-hydrogen) atoms. The second-order valence-electron chi connectivity index (χ2n) is 8.90. The second-order valence-corrected chi connectivity index (χ2v) is 10.9. The van der Waals surface area contributed by atoms with Crippen molar-refractivity contribution in [1.82, 2.24) is 9.55 Å². The van der Waals surface area contributed by atoms with Crippen LogP contribution in [-0.4, -0.2) is 27.4 Å². The highest BCUT2D eigenvalue weighted by atomic mass is 32.2. The summed E-state index contributed by atoms with van der Waals surface area (Å²) in [5.74, 6) is 0.487. The SMILES string of the molecule is O=c1cc(CSc2nc3sc4c(c3c(=O)n2CC2CCCO2)CCCC4)c2ccc(O)cc2o1. The number of hydrogen-bond acceptors (Lipinski definition) is 8. The monoisotopic (exact) mass is 496 g/mol. The summed E-state index contributed by atoms with van der Waals surface area (Å²) in [6.07, 6.45) is 6.18. The van der Waals surface area contributed by atoms with E-state index in [4.69, 9.17) is 14.1 Å². The summed E-state index contributed by atoms with van der Waals surface area (Å²) in [5.41, 5.74) is 1.85. The molecule has 1 N–H and O–H groups in total. The van der Waals surface area contributed by atoms with Gasteiger partial charge in [-0.25, -0.2) is 9.78 Å². The standard InChI is InChI=1S/C25H24N2O5S2/c28-15-7-8-17-14(10-21(29)32-19(17)11-15)13-33-25-26-23-22(18-5-1-2-6-20(18)34-23)24(30)27(25)12-16-4-3-9-31-16/h7-8,10-11,16,28H,1-6,9,12-13H2. The van der Waals surface area contributed by atoms with Crippen molar-refractivity contribution >= 4 is 44.3 Å². The third-order valence-corrected chi connectivity index (χ3v) is 8.83. The molecule has 7 nitrogen and oxygen atoms in total. The van der Waals surface area contributed by atoms with Gasteiger partial charge in [0.15, 0.2) is 5.16 Å². The number of aromatic nitrogens is 2. The Kier molecular flexibility index (Phi) is 5.71. The van der Waals surface area contributed by atoms with Crippen molar-refractivity contribution in [1.29, 1.82) is 0 Å². The van der Waals surface area contributed by atoms with E-state index in [1.54, 1.807) is 28.0 Å². The topological polar surface area (TPSA) is 94.6 Å². The molecular weight excluding hydrogens is 472 g/mol. The number of ether oxygens (including phenoxy) is 1. The van der Waals surface area contributed by atoms with Crippen molar-refractivity contribution in [3.63, 3.8) is 0 Å². The lowest BCUT2D eigenvalue weighted by atomic mass is 9.97. The van der Waals surface area contributed by atoms with Crippen LogP contribution in [0.1, 0.15) is 41.7 Å². The third kappa shape index (κ3) is 3.95. The average Bonchev–Trinajstić information content (AvgIpc) is 3.46. The number of rotatable bonds is 5. The van der Waals surface area contributed by atoms with E-state index in [0.717, 1.165) is 66.3 Å². The summed E-state index contributed by atoms with van der Waals surface area (Å²) >= 11 is 3.09. The lowest BCUT2D eigenvalue weighted by Crippen LogP contribution is -2.29. The van der Waals surface area contributed by atoms with Gasteiger partial charge in [-0.2, -0.15) is 0 Å². The van der Waals surface area contributed by atoms with Gasteiger partial charge in [-0.3, -0.25) is 9.36 Å². The van der Waals surface area contributed by atoms with Gasteiger partial charge in [-0.15, -0.1) is 11.3 Å². The lowest BCUT2D eigenvalue weighted by Gasteiger charge is -2.16. The van der Waals surface area contributed by atoms with E-state index >= 15 is 0 Å². The highest BCUT2D eigenvalue weighted by Crippen LogP contribution is 2.35. The maximum Gasteiger partial charge on any atom is 0.336 e. The zero-order valence-electron chi connectivity index (χ0n) is 18.5. The van der Waals surface area contributed by atoms with Crippen LogP contribution in [0.4, 0.5) is 0 Å². The number of fused-ring (bicyclic) bond motifs is 4. The van der Waals surface area contributed by atoms with E-state index in [9.17, 15) is 14.7 Å². The molecule has 0 saturated carbocycles. The normalized spacial score (nSPS) is 18.1. The number of hydrogen-bond donors (Lipinski definition) is 1. The molecule has 6 rings (SSSR count). The molecule has 1 aliphatic carbocycles. The number of aryl methyl sites for hydroxylation is 2. The smallest absolute Gasteiger partial charge is 0.336 e. The van der Waals surface area contributed by atoms with Crippen LogP contribution in [0.5, 0.6) is 5.75 Å². The Morgan fingerprint density at radius 1 is 1.18 bits per heavy atom. The van der Waals surface area contributed by atoms with E-state index in [0.29, 0.717) is 23.0 Å². The Balaban J connectivity index is 1.43. The van der Waals surface area contributed by atoms with E-state index in [-0.39, 0.29) is 17.4 Å². The quantitative estimate of drug-likeness (QED) is 0.245. The van der Waals surface area contributed by atoms with Crippen molar-refractivity contribution in [2.24, 2.45) is 0 Å². The molecule has 4 heterocycles. The zero-order chi connectivity index (χ0) is 23.2. The summed E-state index contributed by atoms with van der Waals surface area (Å²) in [6, 6.07) is 6.23. The van der Waals surface area contributed by atoms with Crippen LogP contribution in [0.2, 0.25) is 0 Å². The first-order valence-corrected chi connectivity index (χ1v) is 13.4. The first kappa shape index (κ1) is 21.9. The molecule has 1 atom stereocenters. The zero-order valence-corrected chi connectivity index (χ0v) is 20.2. The molecule has 176 valence electrons. The predicted octanol–water partition coefficient (Wildman–Crippen LogP) is 4.62. The molecule has 1 unspecified atom stereocenters. The van der Waals surface area contributed by atoms with Crippen LogP contribution in [0.15, 0.2) is 43.4 Å². The van der Waals surface area contributed by atoms with Crippen LogP contribution in [-0.2, 0) is 29.9 Å². The number of nitrogens with zero attached hydrogens (tertiary/aromatic N) is 2. The molecule has 3 aromatic heterocycles. The Labute approximate surface area is 203 Å². The van der Waals surface area contributed by atoms with Gasteiger partial charge in [0.2, 0.25) is 0 Å². The number of thioether (sulfide) groups is 1. The van der Waals surface area contributed by atoms with Gasteiger partial charge in [0.05, 0.1) is 18.0 Å². The first-order valence-electron chi connectivity index (χ1n) is 11.6. The van der Waals surface area contributed by atoms with Crippen LogP contribution in [0.25, 0.3) is 21.2 Å². The summed E-state index contributed by atoms with van der Waals surface area (Å²) in [6.45, 7) is 1.21. The summed E-state index contributed by atoms with van der Waals surface area (Å²) in [5, 5.41) is 11.9. The van der Waals surface area contributed by atoms with Crippen molar-refractivity contribution in [2.45, 2.75) is 62.1 Å². The summed E-state index contributed by atoms with van der Waals surface area (Å²) in [7, 11) is 0. The van der Waals surface area contributed by atoms with Crippen molar-refractivity contribution in [3.8, 4) is 5.75 Å². The van der Waals surface area contributed by atoms with Crippen LogP contribution in [0.3, 0.4) is 0 Å². The molecule has 1 aromatic carbocycles. The maximum absolute atomic E-state index is 13.8. The highest BCUT2D eigenvalue weighted by molar-refractivity contribution is 7.98. The molecule has 1 saturated heterocycles. The van der Waals surface area contributed by atoms with E-state index in [1.807, 2.05) is 0 Å². The number of aromatic hydroxyl groups is 1. The van der Waals surface area contributed by atoms with Crippen LogP contribution in [0, 0.1) is 0 Å². The summed E-state index contributed by atoms with van der Waals surface area (Å²) in [4.78, 5) is 32.9. The van der Waals surface area contributed by atoms with Gasteiger partial charge in [-0.05, 0) is 61.8 Å². The molecule has 9 heteroatoms. The lowest BCUT2D eigenvalue weighted by molar-refractivity contribution is 0.0937. The fourth-order valence-electron chi connectivity index (χ4n) is 4.96. The molecule has 0 radical (unpaired) electrons. The number of phenols is 1. The molecule has 1 fully saturated rings. The first-order chi connectivity index (χ1) is 16.6. The van der Waals surface area contributed by atoms with Crippen molar-refractivity contribution < 1.29 is 14.3 Å². The molecule has 0 spiro atoms. The van der Waals surface area contributed by atoms with E-state index in [1.165, 1.54) is 34.3 Å². The van der Waals surface area contributed by atoms with E-state index in [2.05, 4.69) is 0 Å². The minimum Gasteiger partial charge on any atom is -0.508 e. The minimum atomic E-state index is -0.472. The summed E-state index contributed by atoms with van der Waals surface area (Å²) < 4.78 is 12.9. The predicted molar refractivity (Wildman–Crippen MR) is 133 cm³/mol. The largest absolute Gasteiger partial charge is 0.508 e. The fourth-order valence-corrected chi connectivity index (χ4v) is 7.27. The number of phenolic OH excluding ortho intramolecular Hbond substituents is 1. The van der Waals surface area contributed by atoms with Crippen molar-refractivity contribution in [3.05, 3.63) is 61.0 Å².